The van der Waals surface area contributed by atoms with E-state index in [0.29, 0.717) is 0 Å². The van der Waals surface area contributed by atoms with Crippen molar-refractivity contribution in [3.63, 3.8) is 0 Å². The second-order valence-electron chi connectivity index (χ2n) is 0.696. The van der Waals surface area contributed by atoms with E-state index in [4.69, 9.17) is 0 Å². The van der Waals surface area contributed by atoms with Gasteiger partial charge in [-0.3, -0.25) is 4.57 Å². The molecule has 6 heavy (non-hydrogen) atoms. The first kappa shape index (κ1) is 10.2. The van der Waals surface area contributed by atoms with Crippen LogP contribution in [0.2, 0.25) is 0 Å². The second-order valence-corrected chi connectivity index (χ2v) is 2.09. The van der Waals surface area contributed by atoms with Gasteiger partial charge in [0.25, 0.3) is 0 Å². The molecule has 0 amide bonds. The van der Waals surface area contributed by atoms with Crippen LogP contribution in [0.3, 0.4) is 0 Å². The van der Waals surface area contributed by atoms with Gasteiger partial charge < -0.3 is 4.52 Å². The molecule has 0 aliphatic carbocycles. The van der Waals surface area contributed by atoms with Gasteiger partial charge in [-0.25, -0.2) is 0 Å². The van der Waals surface area contributed by atoms with Crippen molar-refractivity contribution in [3.8, 4) is 0 Å². The standard InChI is InChI=1S/C2H7O2P.Na.H/c1-4-5(2)3;;/h5H,1-2H3;;. The molecule has 1 unspecified atom stereocenters. The van der Waals surface area contributed by atoms with E-state index in [9.17, 15) is 4.57 Å². The second kappa shape index (κ2) is 6.19. The third-order valence-corrected chi connectivity index (χ3v) is 0.862. The SMILES string of the molecule is CO[PH](C)=O.[NaH]. The van der Waals surface area contributed by atoms with Crippen LogP contribution < -0.4 is 0 Å². The van der Waals surface area contributed by atoms with Gasteiger partial charge in [0, 0.05) is 13.8 Å². The molecule has 2 nitrogen and oxygen atoms in total. The van der Waals surface area contributed by atoms with Gasteiger partial charge in [-0.05, 0) is 0 Å². The quantitative estimate of drug-likeness (QED) is 0.360. The maximum atomic E-state index is 9.78. The van der Waals surface area contributed by atoms with Gasteiger partial charge >= 0.3 is 29.6 Å². The van der Waals surface area contributed by atoms with Crippen LogP contribution in [0.5, 0.6) is 0 Å². The molecule has 0 N–H and O–H groups in total. The minimum absolute atomic E-state index is 0. The van der Waals surface area contributed by atoms with Crippen molar-refractivity contribution in [2.24, 2.45) is 0 Å². The summed E-state index contributed by atoms with van der Waals surface area (Å²) in [5, 5.41) is 0. The molecule has 4 heteroatoms. The fourth-order valence-corrected chi connectivity index (χ4v) is 0. The molecule has 0 aromatic carbocycles. The molecule has 0 aromatic rings. The molecule has 34 valence electrons. The average molecular weight is 118 g/mol. The summed E-state index contributed by atoms with van der Waals surface area (Å²) in [6, 6.07) is 0. The fourth-order valence-electron chi connectivity index (χ4n) is 0. The van der Waals surface area contributed by atoms with E-state index in [-0.39, 0.29) is 29.6 Å². The zero-order valence-corrected chi connectivity index (χ0v) is 4.32. The zero-order valence-electron chi connectivity index (χ0n) is 3.32. The van der Waals surface area contributed by atoms with Gasteiger partial charge in [0.05, 0.1) is 0 Å². The predicted octanol–water partition coefficient (Wildman–Crippen LogP) is 0.0888. The molecule has 0 spiro atoms. The maximum absolute atomic E-state index is 9.78. The first-order valence-electron chi connectivity index (χ1n) is 1.32. The molecule has 0 rings (SSSR count). The Labute approximate surface area is 60.4 Å². The van der Waals surface area contributed by atoms with E-state index >= 15 is 0 Å². The van der Waals surface area contributed by atoms with E-state index in [1.54, 1.807) is 6.66 Å². The summed E-state index contributed by atoms with van der Waals surface area (Å²) in [6.07, 6.45) is 0. The Morgan fingerprint density at radius 3 is 1.83 bits per heavy atom. The van der Waals surface area contributed by atoms with Crippen LogP contribution in [0.25, 0.3) is 0 Å². The molecule has 0 saturated carbocycles. The summed E-state index contributed by atoms with van der Waals surface area (Å²) in [4.78, 5) is 0. The topological polar surface area (TPSA) is 26.3 Å². The summed E-state index contributed by atoms with van der Waals surface area (Å²) < 4.78 is 14.1. The van der Waals surface area contributed by atoms with Gasteiger partial charge in [-0.2, -0.15) is 0 Å². The van der Waals surface area contributed by atoms with Crippen molar-refractivity contribution in [2.45, 2.75) is 0 Å². The van der Waals surface area contributed by atoms with Crippen molar-refractivity contribution in [2.75, 3.05) is 13.8 Å². The van der Waals surface area contributed by atoms with Crippen LogP contribution >= 0.6 is 8.03 Å². The molecule has 0 fully saturated rings. The fraction of sp³-hybridized carbons (Fsp3) is 1.00. The molecule has 0 radical (unpaired) electrons. The van der Waals surface area contributed by atoms with Gasteiger partial charge in [0.15, 0.2) is 8.03 Å². The molecule has 0 aliphatic rings. The molecule has 1 atom stereocenters. The van der Waals surface area contributed by atoms with Crippen LogP contribution in [-0.2, 0) is 9.09 Å². The zero-order chi connectivity index (χ0) is 4.28. The molecular formula is C2H8NaO2P. The van der Waals surface area contributed by atoms with Gasteiger partial charge in [-0.1, -0.05) is 0 Å². The van der Waals surface area contributed by atoms with Gasteiger partial charge in [0.1, 0.15) is 0 Å². The molecular weight excluding hydrogens is 110 g/mol. The Balaban J connectivity index is 0. The Kier molecular flexibility index (Phi) is 10.6. The Bertz CT molecular complexity index is 46.8. The normalized spacial score (nSPS) is 12.3. The molecule has 0 saturated heterocycles. The molecule has 0 heterocycles. The molecule has 0 aromatic heterocycles. The van der Waals surface area contributed by atoms with E-state index in [0.717, 1.165) is 0 Å². The van der Waals surface area contributed by atoms with Crippen LogP contribution in [0.15, 0.2) is 0 Å². The van der Waals surface area contributed by atoms with Gasteiger partial charge in [-0.15, -0.1) is 0 Å². The third kappa shape index (κ3) is 8.95. The van der Waals surface area contributed by atoms with Crippen LogP contribution in [0.1, 0.15) is 0 Å². The Morgan fingerprint density at radius 2 is 1.83 bits per heavy atom. The first-order chi connectivity index (χ1) is 2.27. The van der Waals surface area contributed by atoms with Gasteiger partial charge in [0.2, 0.25) is 0 Å². The first-order valence-corrected chi connectivity index (χ1v) is 3.13. The summed E-state index contributed by atoms with van der Waals surface area (Å²) in [5.41, 5.74) is 0. The van der Waals surface area contributed by atoms with Crippen molar-refractivity contribution in [1.82, 2.24) is 0 Å². The van der Waals surface area contributed by atoms with E-state index < -0.39 is 8.03 Å². The van der Waals surface area contributed by atoms with Crippen molar-refractivity contribution in [3.05, 3.63) is 0 Å². The van der Waals surface area contributed by atoms with Crippen molar-refractivity contribution < 1.29 is 9.09 Å². The van der Waals surface area contributed by atoms with E-state index in [1.165, 1.54) is 7.11 Å². The Morgan fingerprint density at radius 1 is 1.67 bits per heavy atom. The van der Waals surface area contributed by atoms with Crippen molar-refractivity contribution >= 4 is 37.6 Å². The number of hydrogen-bond donors (Lipinski definition) is 0. The summed E-state index contributed by atoms with van der Waals surface area (Å²) in [5.74, 6) is 0. The molecule has 0 aliphatic heterocycles. The summed E-state index contributed by atoms with van der Waals surface area (Å²) >= 11 is 0. The summed E-state index contributed by atoms with van der Waals surface area (Å²) in [7, 11) is -0.192. The number of hydrogen-bond acceptors (Lipinski definition) is 2. The van der Waals surface area contributed by atoms with Crippen LogP contribution in [-0.4, -0.2) is 43.3 Å². The van der Waals surface area contributed by atoms with Crippen molar-refractivity contribution in [1.29, 1.82) is 0 Å². The monoisotopic (exact) mass is 118 g/mol. The third-order valence-electron chi connectivity index (χ3n) is 0.287. The van der Waals surface area contributed by atoms with Crippen LogP contribution in [0.4, 0.5) is 0 Å². The van der Waals surface area contributed by atoms with Crippen LogP contribution in [0, 0.1) is 0 Å². The van der Waals surface area contributed by atoms with E-state index in [1.807, 2.05) is 0 Å². The summed E-state index contributed by atoms with van der Waals surface area (Å²) in [6.45, 7) is 1.55. The molecule has 0 bridgehead atoms. The predicted molar refractivity (Wildman–Crippen MR) is 29.1 cm³/mol. The van der Waals surface area contributed by atoms with E-state index in [2.05, 4.69) is 4.52 Å². The average Bonchev–Trinajstić information content (AvgIpc) is 1.38. The Hall–Kier alpha value is 1.19. The number of rotatable bonds is 1. The minimum atomic E-state index is -1.62.